The average Bonchev–Trinajstić information content (AvgIpc) is 3.78. The van der Waals surface area contributed by atoms with Crippen LogP contribution in [0.1, 0.15) is 116 Å². The number of para-hydroxylation sites is 1. The molecule has 0 saturated heterocycles. The highest BCUT2D eigenvalue weighted by atomic mass is 16.5. The van der Waals surface area contributed by atoms with E-state index in [0.717, 1.165) is 39.4 Å². The Hall–Kier alpha value is -6.59. The fraction of sp³-hybridized carbons (Fsp3) is 0.283. The number of nitrogens with zero attached hydrogens (tertiary/aromatic N) is 4. The molecule has 0 atom stereocenters. The number of fused-ring (bicyclic) bond motifs is 3. The van der Waals surface area contributed by atoms with Crippen LogP contribution in [0.25, 0.3) is 27.6 Å². The van der Waals surface area contributed by atoms with Gasteiger partial charge in [-0.15, -0.1) is 0 Å². The second-order valence-electron chi connectivity index (χ2n) is 21.2. The molecule has 3 heterocycles. The molecule has 0 spiro atoms. The smallest absolute Gasteiger partial charge is 0.137 e. The summed E-state index contributed by atoms with van der Waals surface area (Å²) in [5.41, 5.74) is 14.1. The first-order chi connectivity index (χ1) is 30.8. The van der Waals surface area contributed by atoms with Crippen LogP contribution in [0.15, 0.2) is 169 Å². The minimum atomic E-state index is -0.301. The van der Waals surface area contributed by atoms with Gasteiger partial charge >= 0.3 is 0 Å². The van der Waals surface area contributed by atoms with Gasteiger partial charge in [-0.25, -0.2) is 4.98 Å². The van der Waals surface area contributed by atoms with E-state index in [2.05, 4.69) is 249 Å². The van der Waals surface area contributed by atoms with Gasteiger partial charge in [-0.3, -0.25) is 4.57 Å². The van der Waals surface area contributed by atoms with Crippen LogP contribution in [0.5, 0.6) is 11.5 Å². The number of allylic oxidation sites excluding steroid dienone is 2. The fourth-order valence-corrected chi connectivity index (χ4v) is 9.46. The molecule has 0 unspecified atom stereocenters. The molecule has 5 heteroatoms. The first kappa shape index (κ1) is 43.7. The van der Waals surface area contributed by atoms with Crippen LogP contribution < -0.4 is 14.5 Å². The zero-order chi connectivity index (χ0) is 46.1. The molecule has 0 fully saturated rings. The number of hydrogen-bond donors (Lipinski definition) is 0. The Balaban J connectivity index is 1.14. The van der Waals surface area contributed by atoms with Crippen molar-refractivity contribution in [2.75, 3.05) is 16.5 Å². The number of benzene rings is 6. The zero-order valence-electron chi connectivity index (χ0n) is 40.4. The summed E-state index contributed by atoms with van der Waals surface area (Å²) in [6.07, 6.45) is 1.94. The highest BCUT2D eigenvalue weighted by Crippen LogP contribution is 2.43. The topological polar surface area (TPSA) is 33.5 Å². The van der Waals surface area contributed by atoms with Crippen LogP contribution in [0.4, 0.5) is 11.4 Å². The summed E-state index contributed by atoms with van der Waals surface area (Å²) in [5, 5.41) is 2.33. The van der Waals surface area contributed by atoms with Gasteiger partial charge in [-0.2, -0.15) is 0 Å². The van der Waals surface area contributed by atoms with E-state index in [9.17, 15) is 0 Å². The molecular formula is C60H64N4O. The van der Waals surface area contributed by atoms with Crippen LogP contribution in [0, 0.1) is 0 Å². The summed E-state index contributed by atoms with van der Waals surface area (Å²) in [6.45, 7) is 28.3. The molecule has 1 aliphatic rings. The minimum absolute atomic E-state index is 0.0168. The second-order valence-corrected chi connectivity index (χ2v) is 21.2. The van der Waals surface area contributed by atoms with Crippen LogP contribution in [0.2, 0.25) is 0 Å². The third kappa shape index (κ3) is 8.11. The van der Waals surface area contributed by atoms with Gasteiger partial charge in [0.2, 0.25) is 0 Å². The van der Waals surface area contributed by atoms with Gasteiger partial charge in [0.25, 0.3) is 0 Å². The SMILES string of the molecule is CC1=C(C)N(c2cc(Oc3ccc4c5ccccc5n(-c5cc(C(C)(C)c6ccccc6)ccn5)c4c3)cc(C(C)(C)c3ccccc3)c2)CN1c1cc(C(C)(C)C)cc(C(C)(C)C)c1. The van der Waals surface area contributed by atoms with Crippen LogP contribution >= 0.6 is 0 Å². The van der Waals surface area contributed by atoms with Crippen LogP contribution in [-0.4, -0.2) is 16.2 Å². The van der Waals surface area contributed by atoms with Crippen molar-refractivity contribution < 1.29 is 4.74 Å². The van der Waals surface area contributed by atoms with Crippen molar-refractivity contribution in [1.29, 1.82) is 0 Å². The normalized spacial score (nSPS) is 14.0. The molecular weight excluding hydrogens is 793 g/mol. The lowest BCUT2D eigenvalue weighted by Crippen LogP contribution is -2.28. The van der Waals surface area contributed by atoms with Crippen molar-refractivity contribution >= 4 is 33.2 Å². The number of ether oxygens (including phenoxy) is 1. The maximum absolute atomic E-state index is 7.07. The van der Waals surface area contributed by atoms with Gasteiger partial charge in [-0.1, -0.05) is 154 Å². The van der Waals surface area contributed by atoms with Crippen LogP contribution in [0.3, 0.4) is 0 Å². The molecule has 0 radical (unpaired) electrons. The first-order valence-electron chi connectivity index (χ1n) is 23.1. The Kier molecular flexibility index (Phi) is 10.8. The minimum Gasteiger partial charge on any atom is -0.457 e. The quantitative estimate of drug-likeness (QED) is 0.145. The van der Waals surface area contributed by atoms with Crippen molar-refractivity contribution in [3.63, 3.8) is 0 Å². The predicted molar refractivity (Wildman–Crippen MR) is 274 cm³/mol. The lowest BCUT2D eigenvalue weighted by Gasteiger charge is -2.31. The predicted octanol–water partition coefficient (Wildman–Crippen LogP) is 15.8. The standard InChI is InChI=1S/C60H64N4O/c1-40-41(2)63(39-62(40)48-32-45(57(3,4)5)31-46(33-48)58(6,7)8)49-34-47(60(11,12)43-23-17-14-18-24-43)35-51(37-49)65-50-27-28-53-52-25-19-20-26-54(52)64(55(53)38-50)56-36-44(29-30-61-56)59(9,10)42-21-15-13-16-22-42/h13-38H,39H2,1-12H3. The van der Waals surface area contributed by atoms with Gasteiger partial charge in [0, 0.05) is 62.7 Å². The van der Waals surface area contributed by atoms with Gasteiger partial charge in [0.15, 0.2) is 0 Å². The molecule has 8 aromatic rings. The van der Waals surface area contributed by atoms with Crippen molar-refractivity contribution in [1.82, 2.24) is 9.55 Å². The summed E-state index contributed by atoms with van der Waals surface area (Å²) in [6, 6.07) is 55.0. The van der Waals surface area contributed by atoms with Crippen LogP contribution in [-0.2, 0) is 21.7 Å². The molecule has 330 valence electrons. The van der Waals surface area contributed by atoms with E-state index in [-0.39, 0.29) is 21.7 Å². The fourth-order valence-electron chi connectivity index (χ4n) is 9.46. The van der Waals surface area contributed by atoms with Gasteiger partial charge in [0.1, 0.15) is 17.3 Å². The monoisotopic (exact) mass is 857 g/mol. The van der Waals surface area contributed by atoms with E-state index in [4.69, 9.17) is 9.72 Å². The van der Waals surface area contributed by atoms with E-state index >= 15 is 0 Å². The number of anilines is 2. The first-order valence-corrected chi connectivity index (χ1v) is 23.1. The lowest BCUT2D eigenvalue weighted by molar-refractivity contribution is 0.480. The van der Waals surface area contributed by atoms with E-state index in [0.29, 0.717) is 6.67 Å². The molecule has 0 saturated carbocycles. The zero-order valence-corrected chi connectivity index (χ0v) is 40.4. The second kappa shape index (κ2) is 16.1. The molecule has 0 bridgehead atoms. The van der Waals surface area contributed by atoms with Crippen molar-refractivity contribution in [3.05, 3.63) is 203 Å². The molecule has 1 aliphatic heterocycles. The maximum Gasteiger partial charge on any atom is 0.137 e. The van der Waals surface area contributed by atoms with E-state index in [1.165, 1.54) is 55.8 Å². The molecule has 65 heavy (non-hydrogen) atoms. The Morgan fingerprint density at radius 2 is 0.954 bits per heavy atom. The molecule has 9 rings (SSSR count). The molecule has 0 N–H and O–H groups in total. The third-order valence-corrected chi connectivity index (χ3v) is 14.1. The summed E-state index contributed by atoms with van der Waals surface area (Å²) >= 11 is 0. The largest absolute Gasteiger partial charge is 0.457 e. The molecule has 0 aliphatic carbocycles. The van der Waals surface area contributed by atoms with Gasteiger partial charge in [0.05, 0.1) is 17.7 Å². The number of hydrogen-bond acceptors (Lipinski definition) is 4. The van der Waals surface area contributed by atoms with E-state index < -0.39 is 0 Å². The molecule has 5 nitrogen and oxygen atoms in total. The van der Waals surface area contributed by atoms with E-state index in [1.807, 2.05) is 6.20 Å². The Morgan fingerprint density at radius 1 is 0.431 bits per heavy atom. The van der Waals surface area contributed by atoms with Gasteiger partial charge in [-0.05, 0) is 113 Å². The summed E-state index contributed by atoms with van der Waals surface area (Å²) in [7, 11) is 0. The molecule has 6 aromatic carbocycles. The molecule has 0 amide bonds. The Morgan fingerprint density at radius 3 is 1.55 bits per heavy atom. The Bertz CT molecular complexity index is 3050. The highest BCUT2D eigenvalue weighted by molar-refractivity contribution is 6.09. The van der Waals surface area contributed by atoms with Gasteiger partial charge < -0.3 is 14.5 Å². The Labute approximate surface area is 387 Å². The third-order valence-electron chi connectivity index (χ3n) is 14.1. The van der Waals surface area contributed by atoms with Crippen molar-refractivity contribution in [2.24, 2.45) is 0 Å². The van der Waals surface area contributed by atoms with E-state index in [1.54, 1.807) is 0 Å². The molecule has 2 aromatic heterocycles. The number of rotatable bonds is 9. The number of aromatic nitrogens is 2. The van der Waals surface area contributed by atoms with Crippen molar-refractivity contribution in [2.45, 2.75) is 105 Å². The summed E-state index contributed by atoms with van der Waals surface area (Å²) in [4.78, 5) is 9.94. The maximum atomic E-state index is 7.07. The summed E-state index contributed by atoms with van der Waals surface area (Å²) in [5.74, 6) is 2.44. The lowest BCUT2D eigenvalue weighted by atomic mass is 9.78. The highest BCUT2D eigenvalue weighted by Gasteiger charge is 2.32. The summed E-state index contributed by atoms with van der Waals surface area (Å²) < 4.78 is 9.36. The number of pyridine rings is 1. The van der Waals surface area contributed by atoms with Crippen molar-refractivity contribution in [3.8, 4) is 17.3 Å². The average molecular weight is 857 g/mol.